The van der Waals surface area contributed by atoms with Crippen LogP contribution in [-0.4, -0.2) is 80.7 Å². The first-order valence-electron chi connectivity index (χ1n) is 20.2. The van der Waals surface area contributed by atoms with Gasteiger partial charge < -0.3 is 30.3 Å². The standard InChI is InChI=1S/C44H60ClN5O9/c1-27(2)21-39(43(55)56)59-44(57)29(4)24-46-42(54)37(23-33-17-20-38(58-7)36(45)22-33)47-40(51)13-9-8-11-28(3)30(5)31(6)34-18-15-32(16-19-34)25-50-26-35(48-49-50)12-10-14-41(52)53/h9,13,15-20,22,26-31,37,39H,8,10-12,14,21,23-25H2,1-7H3,(H,46,54)(H,47,51)(H,52,53)(H,55,56). The van der Waals surface area contributed by atoms with Crippen LogP contribution in [0.2, 0.25) is 5.02 Å². The van der Waals surface area contributed by atoms with Crippen molar-refractivity contribution in [3.05, 3.63) is 88.2 Å². The van der Waals surface area contributed by atoms with Crippen LogP contribution in [-0.2, 0) is 48.1 Å². The molecular weight excluding hydrogens is 778 g/mol. The highest BCUT2D eigenvalue weighted by Gasteiger charge is 2.28. The van der Waals surface area contributed by atoms with E-state index < -0.39 is 47.8 Å². The van der Waals surface area contributed by atoms with Crippen LogP contribution in [0.3, 0.4) is 0 Å². The van der Waals surface area contributed by atoms with Gasteiger partial charge in [0.15, 0.2) is 6.10 Å². The largest absolute Gasteiger partial charge is 0.495 e. The van der Waals surface area contributed by atoms with Gasteiger partial charge in [-0.1, -0.05) is 94.8 Å². The molecule has 15 heteroatoms. The van der Waals surface area contributed by atoms with E-state index in [0.29, 0.717) is 54.0 Å². The van der Waals surface area contributed by atoms with Crippen molar-refractivity contribution in [3.63, 3.8) is 0 Å². The summed E-state index contributed by atoms with van der Waals surface area (Å²) in [4.78, 5) is 61.6. The maximum atomic E-state index is 13.4. The number of methoxy groups -OCH3 is 1. The molecular formula is C44H60ClN5O9. The van der Waals surface area contributed by atoms with Gasteiger partial charge in [-0.3, -0.25) is 19.2 Å². The van der Waals surface area contributed by atoms with Gasteiger partial charge in [0.05, 0.1) is 30.3 Å². The Labute approximate surface area is 352 Å². The van der Waals surface area contributed by atoms with Gasteiger partial charge in [-0.2, -0.15) is 0 Å². The Kier molecular flexibility index (Phi) is 19.6. The maximum Gasteiger partial charge on any atom is 0.345 e. The number of esters is 1. The number of carbonyl (C=O) groups excluding carboxylic acids is 3. The lowest BCUT2D eigenvalue weighted by molar-refractivity contribution is -0.167. The van der Waals surface area contributed by atoms with Gasteiger partial charge in [0.1, 0.15) is 11.8 Å². The summed E-state index contributed by atoms with van der Waals surface area (Å²) in [5.74, 6) is -3.19. The number of nitrogens with one attached hydrogen (secondary N) is 2. The van der Waals surface area contributed by atoms with Gasteiger partial charge in [-0.25, -0.2) is 9.48 Å². The van der Waals surface area contributed by atoms with Crippen LogP contribution in [0.1, 0.15) is 102 Å². The fourth-order valence-electron chi connectivity index (χ4n) is 6.52. The van der Waals surface area contributed by atoms with Crippen LogP contribution in [0.4, 0.5) is 0 Å². The number of hydrogen-bond acceptors (Lipinski definition) is 9. The normalized spacial score (nSPS) is 14.5. The molecule has 322 valence electrons. The molecule has 2 aromatic carbocycles. The molecule has 6 unspecified atom stereocenters. The second kappa shape index (κ2) is 24.0. The molecule has 59 heavy (non-hydrogen) atoms. The van der Waals surface area contributed by atoms with Crippen molar-refractivity contribution >= 4 is 41.3 Å². The zero-order valence-corrected chi connectivity index (χ0v) is 35.9. The molecule has 0 aliphatic carbocycles. The number of aromatic nitrogens is 3. The number of benzene rings is 2. The van der Waals surface area contributed by atoms with Crippen LogP contribution in [0.15, 0.2) is 60.8 Å². The molecule has 0 radical (unpaired) electrons. The molecule has 3 rings (SSSR count). The van der Waals surface area contributed by atoms with Crippen LogP contribution >= 0.6 is 11.6 Å². The number of ether oxygens (including phenoxy) is 2. The topological polar surface area (TPSA) is 199 Å². The highest BCUT2D eigenvalue weighted by atomic mass is 35.5. The maximum absolute atomic E-state index is 13.4. The lowest BCUT2D eigenvalue weighted by Crippen LogP contribution is -2.49. The number of halogens is 1. The highest BCUT2D eigenvalue weighted by molar-refractivity contribution is 6.32. The van der Waals surface area contributed by atoms with Crippen molar-refractivity contribution in [2.45, 2.75) is 111 Å². The molecule has 6 atom stereocenters. The summed E-state index contributed by atoms with van der Waals surface area (Å²) < 4.78 is 12.2. The molecule has 0 saturated carbocycles. The Bertz CT molecular complexity index is 1880. The van der Waals surface area contributed by atoms with Gasteiger partial charge in [0.2, 0.25) is 11.8 Å². The second-order valence-electron chi connectivity index (χ2n) is 15.8. The van der Waals surface area contributed by atoms with E-state index >= 15 is 0 Å². The molecule has 14 nitrogen and oxygen atoms in total. The Morgan fingerprint density at radius 2 is 1.66 bits per heavy atom. The molecule has 0 saturated heterocycles. The molecule has 3 aromatic rings. The summed E-state index contributed by atoms with van der Waals surface area (Å²) in [6.45, 7) is 12.3. The third-order valence-electron chi connectivity index (χ3n) is 10.5. The zero-order valence-electron chi connectivity index (χ0n) is 35.2. The van der Waals surface area contributed by atoms with Crippen LogP contribution in [0.25, 0.3) is 0 Å². The number of aryl methyl sites for hydroxylation is 1. The number of allylic oxidation sites excluding steroid dienone is 1. The number of rotatable bonds is 25. The minimum atomic E-state index is -1.29. The van der Waals surface area contributed by atoms with E-state index in [1.54, 1.807) is 29.0 Å². The van der Waals surface area contributed by atoms with Crippen molar-refractivity contribution in [3.8, 4) is 5.75 Å². The average molecular weight is 838 g/mol. The van der Waals surface area contributed by atoms with E-state index in [2.05, 4.69) is 66.0 Å². The number of carboxylic acids is 2. The Hall–Kier alpha value is -5.24. The summed E-state index contributed by atoms with van der Waals surface area (Å²) in [5, 5.41) is 32.5. The molecule has 0 aliphatic heterocycles. The fraction of sp³-hybridized carbons (Fsp3) is 0.523. The molecule has 4 N–H and O–H groups in total. The summed E-state index contributed by atoms with van der Waals surface area (Å²) in [5.41, 5.74) is 3.76. The van der Waals surface area contributed by atoms with Gasteiger partial charge in [0.25, 0.3) is 0 Å². The third kappa shape index (κ3) is 16.5. The second-order valence-corrected chi connectivity index (χ2v) is 16.2. The molecule has 0 aliphatic rings. The van der Waals surface area contributed by atoms with Gasteiger partial charge in [0, 0.05) is 25.6 Å². The number of hydrogen-bond donors (Lipinski definition) is 4. The van der Waals surface area contributed by atoms with Crippen LogP contribution in [0, 0.1) is 23.7 Å². The molecule has 1 aromatic heterocycles. The van der Waals surface area contributed by atoms with Crippen LogP contribution < -0.4 is 15.4 Å². The van der Waals surface area contributed by atoms with Crippen LogP contribution in [0.5, 0.6) is 5.75 Å². The number of amides is 2. The fourth-order valence-corrected chi connectivity index (χ4v) is 6.80. The van der Waals surface area contributed by atoms with Crippen molar-refractivity contribution in [1.82, 2.24) is 25.6 Å². The highest BCUT2D eigenvalue weighted by Crippen LogP contribution is 2.32. The van der Waals surface area contributed by atoms with E-state index in [4.69, 9.17) is 26.2 Å². The Balaban J connectivity index is 1.55. The van der Waals surface area contributed by atoms with Crippen molar-refractivity contribution in [1.29, 1.82) is 0 Å². The monoisotopic (exact) mass is 837 g/mol. The Morgan fingerprint density at radius 1 is 0.966 bits per heavy atom. The minimum absolute atomic E-state index is 0.00491. The van der Waals surface area contributed by atoms with Crippen molar-refractivity contribution < 1.29 is 43.7 Å². The molecule has 0 bridgehead atoms. The van der Waals surface area contributed by atoms with E-state index in [9.17, 15) is 29.1 Å². The van der Waals surface area contributed by atoms with Crippen molar-refractivity contribution in [2.75, 3.05) is 13.7 Å². The molecule has 0 fully saturated rings. The SMILES string of the molecule is COc1ccc(CC(NC(=O)C=CCCC(C)C(C)C(C)c2ccc(Cn3cc(CCCC(=O)O)nn3)cc2)C(=O)NCC(C)C(=O)OC(CC(C)C)C(=O)O)cc1Cl. The van der Waals surface area contributed by atoms with E-state index in [1.807, 2.05) is 20.0 Å². The molecule has 0 spiro atoms. The lowest BCUT2D eigenvalue weighted by Gasteiger charge is -2.26. The van der Waals surface area contributed by atoms with Crippen molar-refractivity contribution in [2.24, 2.45) is 23.7 Å². The minimum Gasteiger partial charge on any atom is -0.495 e. The number of carbonyl (C=O) groups is 5. The van der Waals surface area contributed by atoms with E-state index in [0.717, 1.165) is 17.7 Å². The smallest absolute Gasteiger partial charge is 0.345 e. The van der Waals surface area contributed by atoms with E-state index in [1.165, 1.54) is 25.7 Å². The van der Waals surface area contributed by atoms with Gasteiger partial charge in [-0.05, 0) is 90.7 Å². The van der Waals surface area contributed by atoms with E-state index in [-0.39, 0.29) is 37.6 Å². The molecule has 2 amide bonds. The third-order valence-corrected chi connectivity index (χ3v) is 10.8. The predicted molar refractivity (Wildman–Crippen MR) is 224 cm³/mol. The quantitative estimate of drug-likeness (QED) is 0.0528. The zero-order chi connectivity index (χ0) is 43.6. The molecule has 1 heterocycles. The number of carboxylic acid groups (broad SMARTS) is 2. The van der Waals surface area contributed by atoms with Gasteiger partial charge >= 0.3 is 17.9 Å². The number of nitrogens with zero attached hydrogens (tertiary/aromatic N) is 3. The first-order valence-corrected chi connectivity index (χ1v) is 20.5. The lowest BCUT2D eigenvalue weighted by atomic mass is 9.79. The number of aliphatic carboxylic acids is 2. The summed E-state index contributed by atoms with van der Waals surface area (Å²) in [6, 6.07) is 12.5. The average Bonchev–Trinajstić information content (AvgIpc) is 3.63. The predicted octanol–water partition coefficient (Wildman–Crippen LogP) is 6.63. The first kappa shape index (κ1) is 48.1. The van der Waals surface area contributed by atoms with Gasteiger partial charge in [-0.15, -0.1) is 5.10 Å². The summed E-state index contributed by atoms with van der Waals surface area (Å²) >= 11 is 6.34. The first-order chi connectivity index (χ1) is 28.0. The summed E-state index contributed by atoms with van der Waals surface area (Å²) in [7, 11) is 1.49. The Morgan fingerprint density at radius 3 is 2.29 bits per heavy atom. The summed E-state index contributed by atoms with van der Waals surface area (Å²) in [6.07, 6.45) is 6.76.